The Morgan fingerprint density at radius 2 is 2.33 bits per heavy atom. The summed E-state index contributed by atoms with van der Waals surface area (Å²) < 4.78 is 5.55. The van der Waals surface area contributed by atoms with Crippen LogP contribution in [0.2, 0.25) is 0 Å². The van der Waals surface area contributed by atoms with Crippen molar-refractivity contribution in [3.63, 3.8) is 0 Å². The number of rotatable bonds is 1. The Labute approximate surface area is 121 Å². The van der Waals surface area contributed by atoms with Gasteiger partial charge in [0.25, 0.3) is 0 Å². The molecule has 6 heteroatoms. The highest BCUT2D eigenvalue weighted by Crippen LogP contribution is 2.44. The molecule has 0 bridgehead atoms. The third kappa shape index (κ3) is 1.61. The molecule has 0 saturated carbocycles. The van der Waals surface area contributed by atoms with Crippen LogP contribution >= 0.6 is 0 Å². The first kappa shape index (κ1) is 11.9. The van der Waals surface area contributed by atoms with E-state index >= 15 is 0 Å². The summed E-state index contributed by atoms with van der Waals surface area (Å²) in [4.78, 5) is 0. The number of nitriles is 1. The van der Waals surface area contributed by atoms with Crippen LogP contribution in [0.5, 0.6) is 0 Å². The first-order valence-corrected chi connectivity index (χ1v) is 6.66. The molecule has 0 atom stereocenters. The monoisotopic (exact) mass is 279 g/mol. The Balaban J connectivity index is 1.91. The van der Waals surface area contributed by atoms with Crippen LogP contribution in [0.1, 0.15) is 18.6 Å². The van der Waals surface area contributed by atoms with E-state index in [-0.39, 0.29) is 0 Å². The van der Waals surface area contributed by atoms with E-state index < -0.39 is 0 Å². The third-order valence-corrected chi connectivity index (χ3v) is 3.88. The molecule has 6 nitrogen and oxygen atoms in total. The number of nitrogens with one attached hydrogen (secondary N) is 1. The number of nitrogens with zero attached hydrogens (tertiary/aromatic N) is 3. The van der Waals surface area contributed by atoms with Crippen molar-refractivity contribution in [2.75, 3.05) is 0 Å². The Morgan fingerprint density at radius 3 is 3.10 bits per heavy atom. The molecule has 4 rings (SSSR count). The number of hydrazine groups is 2. The highest BCUT2D eigenvalue weighted by molar-refractivity contribution is 5.78. The van der Waals surface area contributed by atoms with Gasteiger partial charge in [0.05, 0.1) is 18.2 Å². The molecule has 3 aliphatic rings. The fourth-order valence-corrected chi connectivity index (χ4v) is 2.98. The van der Waals surface area contributed by atoms with Crippen LogP contribution in [0.4, 0.5) is 0 Å². The van der Waals surface area contributed by atoms with Crippen LogP contribution in [-0.2, 0) is 0 Å². The summed E-state index contributed by atoms with van der Waals surface area (Å²) in [5.74, 6) is 6.68. The van der Waals surface area contributed by atoms with E-state index in [1.807, 2.05) is 18.3 Å². The summed E-state index contributed by atoms with van der Waals surface area (Å²) in [6, 6.07) is 3.76. The summed E-state index contributed by atoms with van der Waals surface area (Å²) >= 11 is 0. The zero-order valence-corrected chi connectivity index (χ0v) is 11.2. The van der Waals surface area contributed by atoms with Gasteiger partial charge in [-0.3, -0.25) is 0 Å². The quantitative estimate of drug-likeness (QED) is 0.604. The van der Waals surface area contributed by atoms with Gasteiger partial charge < -0.3 is 9.73 Å². The molecular weight excluding hydrogens is 266 g/mol. The molecule has 1 aliphatic carbocycles. The average molecular weight is 279 g/mol. The van der Waals surface area contributed by atoms with Crippen LogP contribution in [0, 0.1) is 11.5 Å². The number of fused-ring (bicyclic) bond motifs is 2. The van der Waals surface area contributed by atoms with E-state index in [0.717, 1.165) is 41.1 Å². The zero-order valence-electron chi connectivity index (χ0n) is 11.2. The Bertz CT molecular complexity index is 760. The van der Waals surface area contributed by atoms with Gasteiger partial charge in [0.1, 0.15) is 5.76 Å². The lowest BCUT2D eigenvalue weighted by Gasteiger charge is -2.28. The van der Waals surface area contributed by atoms with Gasteiger partial charge in [-0.1, -0.05) is 6.08 Å². The first-order valence-electron chi connectivity index (χ1n) is 6.66. The van der Waals surface area contributed by atoms with Crippen LogP contribution in [0.25, 0.3) is 5.57 Å². The minimum absolute atomic E-state index is 0.735. The second-order valence-electron chi connectivity index (χ2n) is 5.05. The zero-order chi connectivity index (χ0) is 14.4. The SMILES string of the molecule is N#CN1C2=C(c3ccco3)CC3=C(NC=CC3)C2=CN1N. The number of hydrogen-bond acceptors (Lipinski definition) is 6. The number of furan rings is 1. The van der Waals surface area contributed by atoms with Gasteiger partial charge in [0, 0.05) is 23.3 Å². The molecule has 0 fully saturated rings. The molecule has 0 amide bonds. The van der Waals surface area contributed by atoms with Gasteiger partial charge in [0.2, 0.25) is 6.19 Å². The molecule has 2 aliphatic heterocycles. The number of dihydropyridines is 1. The van der Waals surface area contributed by atoms with Crippen molar-refractivity contribution in [1.29, 1.82) is 5.26 Å². The fourth-order valence-electron chi connectivity index (χ4n) is 2.98. The van der Waals surface area contributed by atoms with Crippen molar-refractivity contribution >= 4 is 5.57 Å². The van der Waals surface area contributed by atoms with Crippen molar-refractivity contribution in [3.05, 3.63) is 65.2 Å². The van der Waals surface area contributed by atoms with Gasteiger partial charge in [-0.15, -0.1) is 0 Å². The Kier molecular flexibility index (Phi) is 2.43. The van der Waals surface area contributed by atoms with Crippen LogP contribution in [-0.4, -0.2) is 10.1 Å². The lowest BCUT2D eigenvalue weighted by atomic mass is 9.86. The number of allylic oxidation sites excluding steroid dienone is 3. The summed E-state index contributed by atoms with van der Waals surface area (Å²) in [6.07, 6.45) is 11.1. The van der Waals surface area contributed by atoms with Crippen molar-refractivity contribution in [2.24, 2.45) is 5.84 Å². The van der Waals surface area contributed by atoms with E-state index in [4.69, 9.17) is 10.3 Å². The minimum Gasteiger partial charge on any atom is -0.465 e. The van der Waals surface area contributed by atoms with Crippen LogP contribution < -0.4 is 11.2 Å². The van der Waals surface area contributed by atoms with Gasteiger partial charge in [-0.2, -0.15) is 10.3 Å². The van der Waals surface area contributed by atoms with E-state index in [2.05, 4.69) is 17.6 Å². The average Bonchev–Trinajstić information content (AvgIpc) is 3.13. The third-order valence-electron chi connectivity index (χ3n) is 3.88. The van der Waals surface area contributed by atoms with Gasteiger partial charge in [-0.05, 0) is 30.3 Å². The predicted octanol–water partition coefficient (Wildman–Crippen LogP) is 1.93. The summed E-state index contributed by atoms with van der Waals surface area (Å²) in [5.41, 5.74) is 5.01. The first-order chi connectivity index (χ1) is 10.3. The molecular formula is C15H13N5O. The molecule has 104 valence electrons. The summed E-state index contributed by atoms with van der Waals surface area (Å²) in [6.45, 7) is 0. The second-order valence-corrected chi connectivity index (χ2v) is 5.05. The van der Waals surface area contributed by atoms with Gasteiger partial charge in [-0.25, -0.2) is 11.0 Å². The fraction of sp³-hybridized carbons (Fsp3) is 0.133. The lowest BCUT2D eigenvalue weighted by molar-refractivity contribution is 0.151. The lowest BCUT2D eigenvalue weighted by Crippen LogP contribution is -2.36. The molecule has 3 N–H and O–H groups in total. The molecule has 1 aromatic heterocycles. The van der Waals surface area contributed by atoms with E-state index in [1.54, 1.807) is 12.5 Å². The molecule has 0 radical (unpaired) electrons. The maximum Gasteiger partial charge on any atom is 0.206 e. The standard InChI is InChI=1S/C15H13N5O/c16-9-19-15-11(13-4-2-6-21-13)7-10-3-1-5-18-14(10)12(15)8-20(19)17/h1-2,4-6,8,18H,3,7,17H2. The molecule has 0 spiro atoms. The van der Waals surface area contributed by atoms with Crippen LogP contribution in [0.15, 0.2) is 63.8 Å². The van der Waals surface area contributed by atoms with Crippen molar-refractivity contribution in [1.82, 2.24) is 15.4 Å². The van der Waals surface area contributed by atoms with Crippen molar-refractivity contribution < 1.29 is 4.42 Å². The van der Waals surface area contributed by atoms with E-state index in [9.17, 15) is 5.26 Å². The highest BCUT2D eigenvalue weighted by atomic mass is 16.3. The van der Waals surface area contributed by atoms with E-state index in [1.165, 1.54) is 15.7 Å². The largest absolute Gasteiger partial charge is 0.465 e. The predicted molar refractivity (Wildman–Crippen MR) is 75.7 cm³/mol. The molecule has 0 aromatic carbocycles. The highest BCUT2D eigenvalue weighted by Gasteiger charge is 2.36. The van der Waals surface area contributed by atoms with E-state index in [0.29, 0.717) is 0 Å². The summed E-state index contributed by atoms with van der Waals surface area (Å²) in [5, 5.41) is 15.4. The van der Waals surface area contributed by atoms with Gasteiger partial charge in [0.15, 0.2) is 0 Å². The second kappa shape index (κ2) is 4.30. The Morgan fingerprint density at radius 1 is 1.43 bits per heavy atom. The molecule has 0 unspecified atom stereocenters. The maximum absolute atomic E-state index is 9.39. The van der Waals surface area contributed by atoms with Crippen molar-refractivity contribution in [2.45, 2.75) is 12.8 Å². The van der Waals surface area contributed by atoms with Crippen molar-refractivity contribution in [3.8, 4) is 6.19 Å². The molecule has 0 saturated heterocycles. The molecule has 1 aromatic rings. The summed E-state index contributed by atoms with van der Waals surface area (Å²) in [7, 11) is 0. The minimum atomic E-state index is 0.735. The van der Waals surface area contributed by atoms with Gasteiger partial charge >= 0.3 is 0 Å². The van der Waals surface area contributed by atoms with Crippen LogP contribution in [0.3, 0.4) is 0 Å². The number of hydrogen-bond donors (Lipinski definition) is 2. The maximum atomic E-state index is 9.39. The molecule has 3 heterocycles. The topological polar surface area (TPSA) is 81.5 Å². The Hall–Kier alpha value is -2.91. The molecule has 21 heavy (non-hydrogen) atoms. The smallest absolute Gasteiger partial charge is 0.206 e. The number of nitrogens with two attached hydrogens (primary N) is 1. The normalized spacial score (nSPS) is 20.1.